The maximum absolute atomic E-state index is 4.70. The topological polar surface area (TPSA) is 58.5 Å². The van der Waals surface area contributed by atoms with E-state index in [1.807, 2.05) is 0 Å². The zero-order chi connectivity index (χ0) is 14.8. The Morgan fingerprint density at radius 3 is 2.82 bits per heavy atom. The molecule has 22 heavy (non-hydrogen) atoms. The highest BCUT2D eigenvalue weighted by Crippen LogP contribution is 2.38. The van der Waals surface area contributed by atoms with Crippen LogP contribution in [0.4, 0.5) is 11.4 Å². The third-order valence-electron chi connectivity index (χ3n) is 4.85. The Morgan fingerprint density at radius 2 is 1.91 bits per heavy atom. The molecule has 4 aliphatic heterocycles. The summed E-state index contributed by atoms with van der Waals surface area (Å²) < 4.78 is 0. The van der Waals surface area contributed by atoms with Crippen LogP contribution in [0.2, 0.25) is 0 Å². The van der Waals surface area contributed by atoms with E-state index < -0.39 is 0 Å². The number of aliphatic imine (C=N–C) groups is 2. The highest BCUT2D eigenvalue weighted by Gasteiger charge is 2.44. The number of benzene rings is 1. The monoisotopic (exact) mass is 297 g/mol. The number of hydrazine groups is 1. The van der Waals surface area contributed by atoms with Crippen molar-refractivity contribution in [2.75, 3.05) is 36.5 Å². The third kappa shape index (κ3) is 1.45. The summed E-state index contributed by atoms with van der Waals surface area (Å²) in [6.45, 7) is 7.81. The normalized spacial score (nSPS) is 24.6. The van der Waals surface area contributed by atoms with Gasteiger partial charge in [-0.15, -0.1) is 0 Å². The molecular formula is C15H19N7. The highest BCUT2D eigenvalue weighted by atomic mass is 15.7. The Balaban J connectivity index is 1.64. The molecule has 1 fully saturated rings. The second-order valence-electron chi connectivity index (χ2n) is 6.19. The van der Waals surface area contributed by atoms with Crippen LogP contribution in [0.25, 0.3) is 0 Å². The molecule has 1 aromatic rings. The number of guanidine groups is 2. The molecular weight excluding hydrogens is 278 g/mol. The fourth-order valence-corrected chi connectivity index (χ4v) is 3.56. The lowest BCUT2D eigenvalue weighted by molar-refractivity contribution is 0.343. The van der Waals surface area contributed by atoms with Crippen LogP contribution < -0.4 is 15.8 Å². The number of anilines is 2. The Bertz CT molecular complexity index is 723. The highest BCUT2D eigenvalue weighted by molar-refractivity contribution is 6.03. The Kier molecular flexibility index (Phi) is 2.24. The van der Waals surface area contributed by atoms with Gasteiger partial charge in [0.05, 0.1) is 24.5 Å². The fourth-order valence-electron chi connectivity index (χ4n) is 3.56. The SMILES string of the molecule is Cc1cc2c(cc1C)N1NC3=NCCN3C3=NCCN3C1N2. The lowest BCUT2D eigenvalue weighted by Gasteiger charge is -2.31. The van der Waals surface area contributed by atoms with Crippen LogP contribution in [-0.4, -0.2) is 54.2 Å². The first-order valence-electron chi connectivity index (χ1n) is 7.79. The zero-order valence-corrected chi connectivity index (χ0v) is 12.8. The Morgan fingerprint density at radius 1 is 1.09 bits per heavy atom. The summed E-state index contributed by atoms with van der Waals surface area (Å²) in [5, 5.41) is 5.82. The molecule has 114 valence electrons. The number of hydrogen-bond acceptors (Lipinski definition) is 7. The molecule has 5 rings (SSSR count). The average Bonchev–Trinajstić information content (AvgIpc) is 3.18. The van der Waals surface area contributed by atoms with Crippen molar-refractivity contribution in [2.24, 2.45) is 9.98 Å². The summed E-state index contributed by atoms with van der Waals surface area (Å²) in [5.41, 5.74) is 8.44. The minimum absolute atomic E-state index is 0.0470. The minimum atomic E-state index is 0.0470. The van der Waals surface area contributed by atoms with Crippen molar-refractivity contribution < 1.29 is 0 Å². The molecule has 0 aromatic heterocycles. The Hall–Kier alpha value is -2.44. The van der Waals surface area contributed by atoms with Crippen LogP contribution in [0.3, 0.4) is 0 Å². The first-order valence-corrected chi connectivity index (χ1v) is 7.79. The third-order valence-corrected chi connectivity index (χ3v) is 4.85. The smallest absolute Gasteiger partial charge is 0.220 e. The number of fused-ring (bicyclic) bond motifs is 7. The first kappa shape index (κ1) is 12.1. The van der Waals surface area contributed by atoms with Gasteiger partial charge in [-0.2, -0.15) is 0 Å². The van der Waals surface area contributed by atoms with Gasteiger partial charge in [-0.1, -0.05) is 0 Å². The van der Waals surface area contributed by atoms with Gasteiger partial charge in [0.25, 0.3) is 0 Å². The van der Waals surface area contributed by atoms with Gasteiger partial charge in [0.2, 0.25) is 11.9 Å². The van der Waals surface area contributed by atoms with Crippen LogP contribution >= 0.6 is 0 Å². The van der Waals surface area contributed by atoms with E-state index in [1.165, 1.54) is 22.5 Å². The standard InChI is InChI=1S/C15H19N7/c1-9-7-11-12(8-10(9)2)22-15(18-11)21-6-4-17-14(21)20-5-3-16-13(20)19-22/h7-8,15,18H,3-6H2,1-2H3,(H,16,19). The molecule has 0 spiro atoms. The largest absolute Gasteiger partial charge is 0.345 e. The summed E-state index contributed by atoms with van der Waals surface area (Å²) >= 11 is 0. The molecule has 0 radical (unpaired) electrons. The number of aryl methyl sites for hydroxylation is 2. The number of nitrogens with one attached hydrogen (secondary N) is 2. The summed E-state index contributed by atoms with van der Waals surface area (Å²) in [6, 6.07) is 4.46. The molecule has 7 nitrogen and oxygen atoms in total. The van der Waals surface area contributed by atoms with E-state index >= 15 is 0 Å². The van der Waals surface area contributed by atoms with Crippen LogP contribution in [0.1, 0.15) is 11.1 Å². The molecule has 0 saturated carbocycles. The molecule has 2 N–H and O–H groups in total. The van der Waals surface area contributed by atoms with E-state index in [0.29, 0.717) is 0 Å². The van der Waals surface area contributed by atoms with E-state index in [-0.39, 0.29) is 6.29 Å². The van der Waals surface area contributed by atoms with Crippen LogP contribution in [0, 0.1) is 13.8 Å². The van der Waals surface area contributed by atoms with Crippen LogP contribution in [0.5, 0.6) is 0 Å². The molecule has 1 atom stereocenters. The van der Waals surface area contributed by atoms with Gasteiger partial charge >= 0.3 is 0 Å². The van der Waals surface area contributed by atoms with Crippen molar-refractivity contribution in [1.82, 2.24) is 15.2 Å². The first-order chi connectivity index (χ1) is 10.7. The molecule has 0 aliphatic carbocycles. The van der Waals surface area contributed by atoms with Gasteiger partial charge < -0.3 is 10.2 Å². The number of nitrogens with zero attached hydrogens (tertiary/aromatic N) is 5. The summed E-state index contributed by atoms with van der Waals surface area (Å²) in [6.07, 6.45) is 0.0470. The van der Waals surface area contributed by atoms with E-state index in [4.69, 9.17) is 4.99 Å². The van der Waals surface area contributed by atoms with Gasteiger partial charge in [0.15, 0.2) is 6.29 Å². The molecule has 7 heteroatoms. The van der Waals surface area contributed by atoms with Crippen molar-refractivity contribution in [3.05, 3.63) is 23.3 Å². The lowest BCUT2D eigenvalue weighted by Crippen LogP contribution is -2.54. The summed E-state index contributed by atoms with van der Waals surface area (Å²) in [4.78, 5) is 13.8. The second kappa shape index (κ2) is 4.06. The number of hydrogen-bond donors (Lipinski definition) is 2. The Labute approximate surface area is 129 Å². The van der Waals surface area contributed by atoms with Gasteiger partial charge in [0, 0.05) is 13.1 Å². The zero-order valence-electron chi connectivity index (χ0n) is 12.8. The maximum Gasteiger partial charge on any atom is 0.220 e. The van der Waals surface area contributed by atoms with Crippen molar-refractivity contribution in [1.29, 1.82) is 0 Å². The van der Waals surface area contributed by atoms with Gasteiger partial charge in [-0.3, -0.25) is 15.3 Å². The number of rotatable bonds is 0. The minimum Gasteiger partial charge on any atom is -0.345 e. The van der Waals surface area contributed by atoms with Crippen molar-refractivity contribution in [3.63, 3.8) is 0 Å². The maximum atomic E-state index is 4.70. The molecule has 1 unspecified atom stereocenters. The quantitative estimate of drug-likeness (QED) is 0.737. The molecule has 0 amide bonds. The van der Waals surface area contributed by atoms with Crippen LogP contribution in [0.15, 0.2) is 22.1 Å². The summed E-state index contributed by atoms with van der Waals surface area (Å²) in [5.74, 6) is 1.94. The van der Waals surface area contributed by atoms with E-state index in [2.05, 4.69) is 56.5 Å². The molecule has 4 heterocycles. The molecule has 1 aromatic carbocycles. The van der Waals surface area contributed by atoms with Gasteiger partial charge in [0.1, 0.15) is 0 Å². The molecule has 4 aliphatic rings. The van der Waals surface area contributed by atoms with E-state index in [9.17, 15) is 0 Å². The average molecular weight is 297 g/mol. The van der Waals surface area contributed by atoms with Crippen molar-refractivity contribution in [2.45, 2.75) is 20.1 Å². The van der Waals surface area contributed by atoms with Gasteiger partial charge in [-0.05, 0) is 37.1 Å². The van der Waals surface area contributed by atoms with E-state index in [0.717, 1.165) is 38.1 Å². The van der Waals surface area contributed by atoms with E-state index in [1.54, 1.807) is 0 Å². The molecule has 1 saturated heterocycles. The fraction of sp³-hybridized carbons (Fsp3) is 0.467. The predicted octanol–water partition coefficient (Wildman–Crippen LogP) is 0.680. The molecule has 0 bridgehead atoms. The van der Waals surface area contributed by atoms with Crippen molar-refractivity contribution in [3.8, 4) is 0 Å². The van der Waals surface area contributed by atoms with Crippen LogP contribution in [-0.2, 0) is 0 Å². The van der Waals surface area contributed by atoms with Gasteiger partial charge in [-0.25, -0.2) is 10.0 Å². The predicted molar refractivity (Wildman–Crippen MR) is 87.0 cm³/mol. The second-order valence-corrected chi connectivity index (χ2v) is 6.19. The summed E-state index contributed by atoms with van der Waals surface area (Å²) in [7, 11) is 0. The van der Waals surface area contributed by atoms with Crippen molar-refractivity contribution >= 4 is 23.3 Å². The lowest BCUT2D eigenvalue weighted by atomic mass is 10.1.